The van der Waals surface area contributed by atoms with Crippen LogP contribution in [0.1, 0.15) is 29.8 Å². The van der Waals surface area contributed by atoms with E-state index < -0.39 is 0 Å². The van der Waals surface area contributed by atoms with Crippen molar-refractivity contribution in [2.24, 2.45) is 0 Å². The molecular weight excluding hydrogens is 362 g/mol. The minimum atomic E-state index is -0.250. The number of nitrogens with two attached hydrogens (primary N) is 2. The predicted molar refractivity (Wildman–Crippen MR) is 105 cm³/mol. The maximum atomic E-state index is 12.8. The summed E-state index contributed by atoms with van der Waals surface area (Å²) in [7, 11) is 4.61. The molecule has 1 atom stereocenters. The van der Waals surface area contributed by atoms with E-state index in [0.29, 0.717) is 35.3 Å². The molecule has 0 aliphatic carbocycles. The molecule has 148 valence electrons. The Kier molecular flexibility index (Phi) is 5.25. The number of anilines is 2. The van der Waals surface area contributed by atoms with Gasteiger partial charge in [-0.1, -0.05) is 0 Å². The molecule has 4 N–H and O–H groups in total. The van der Waals surface area contributed by atoms with Gasteiger partial charge in [0.1, 0.15) is 5.82 Å². The Labute approximate surface area is 162 Å². The molecule has 3 rings (SSSR count). The van der Waals surface area contributed by atoms with Crippen LogP contribution in [0.4, 0.5) is 11.8 Å². The van der Waals surface area contributed by atoms with Crippen molar-refractivity contribution in [3.8, 4) is 17.2 Å². The molecule has 0 fully saturated rings. The van der Waals surface area contributed by atoms with Gasteiger partial charge in [0, 0.05) is 11.6 Å². The number of fused-ring (bicyclic) bond motifs is 1. The van der Waals surface area contributed by atoms with Crippen LogP contribution in [-0.4, -0.2) is 42.1 Å². The third kappa shape index (κ3) is 3.38. The lowest BCUT2D eigenvalue weighted by atomic mass is 10.1. The Morgan fingerprint density at radius 1 is 1.14 bits per heavy atom. The van der Waals surface area contributed by atoms with Crippen LogP contribution in [0, 0.1) is 0 Å². The zero-order valence-electron chi connectivity index (χ0n) is 16.2. The molecule has 1 aromatic heterocycles. The molecule has 0 spiro atoms. The van der Waals surface area contributed by atoms with Crippen molar-refractivity contribution in [3.05, 3.63) is 35.0 Å². The van der Waals surface area contributed by atoms with Crippen molar-refractivity contribution in [1.82, 2.24) is 14.9 Å². The number of hydrogen-bond acceptors (Lipinski definition) is 8. The molecular formula is C19H23N5O4. The lowest BCUT2D eigenvalue weighted by Crippen LogP contribution is -2.26. The number of ether oxygens (including phenoxy) is 3. The highest BCUT2D eigenvalue weighted by molar-refractivity contribution is 5.92. The zero-order chi connectivity index (χ0) is 20.4. The summed E-state index contributed by atoms with van der Waals surface area (Å²) in [6, 6.07) is 3.27. The average molecular weight is 385 g/mol. The van der Waals surface area contributed by atoms with Gasteiger partial charge >= 0.3 is 0 Å². The van der Waals surface area contributed by atoms with Crippen LogP contribution in [0.3, 0.4) is 0 Å². The number of methoxy groups -OCH3 is 3. The fourth-order valence-electron chi connectivity index (χ4n) is 3.23. The van der Waals surface area contributed by atoms with Gasteiger partial charge in [-0.3, -0.25) is 4.79 Å². The number of rotatable bonds is 5. The second-order valence-corrected chi connectivity index (χ2v) is 6.26. The molecule has 0 saturated heterocycles. The largest absolute Gasteiger partial charge is 0.493 e. The van der Waals surface area contributed by atoms with Gasteiger partial charge in [-0.05, 0) is 30.7 Å². The van der Waals surface area contributed by atoms with E-state index in [4.69, 9.17) is 25.7 Å². The third-order valence-corrected chi connectivity index (χ3v) is 4.67. The van der Waals surface area contributed by atoms with Gasteiger partial charge in [0.05, 0.1) is 39.6 Å². The van der Waals surface area contributed by atoms with Crippen LogP contribution in [0.5, 0.6) is 17.2 Å². The summed E-state index contributed by atoms with van der Waals surface area (Å²) < 4.78 is 16.0. The highest BCUT2D eigenvalue weighted by Crippen LogP contribution is 2.39. The first-order valence-electron chi connectivity index (χ1n) is 8.60. The van der Waals surface area contributed by atoms with E-state index >= 15 is 0 Å². The van der Waals surface area contributed by atoms with Crippen LogP contribution in [0.25, 0.3) is 6.08 Å². The predicted octanol–water partition coefficient (Wildman–Crippen LogP) is 1.78. The molecule has 0 bridgehead atoms. The maximum Gasteiger partial charge on any atom is 0.247 e. The molecule has 28 heavy (non-hydrogen) atoms. The maximum absolute atomic E-state index is 12.8. The van der Waals surface area contributed by atoms with Crippen LogP contribution in [0.2, 0.25) is 0 Å². The first kappa shape index (κ1) is 19.3. The SMILES string of the molecule is COc1cc(/C=C/C(=O)N2Cc3c(N)nc(N)nc3C2C)cc(OC)c1OC. The Bertz CT molecular complexity index is 919. The van der Waals surface area contributed by atoms with Crippen molar-refractivity contribution >= 4 is 23.7 Å². The van der Waals surface area contributed by atoms with E-state index in [1.54, 1.807) is 23.1 Å². The molecule has 1 unspecified atom stereocenters. The summed E-state index contributed by atoms with van der Waals surface area (Å²) >= 11 is 0. The average Bonchev–Trinajstić information content (AvgIpc) is 3.02. The molecule has 1 aromatic carbocycles. The lowest BCUT2D eigenvalue weighted by Gasteiger charge is -2.19. The summed E-state index contributed by atoms with van der Waals surface area (Å²) in [5, 5.41) is 0. The highest BCUT2D eigenvalue weighted by Gasteiger charge is 2.33. The molecule has 1 amide bonds. The van der Waals surface area contributed by atoms with Crippen LogP contribution in [0.15, 0.2) is 18.2 Å². The number of benzene rings is 1. The van der Waals surface area contributed by atoms with Crippen molar-refractivity contribution in [2.75, 3.05) is 32.8 Å². The van der Waals surface area contributed by atoms with Crippen LogP contribution >= 0.6 is 0 Å². The first-order valence-corrected chi connectivity index (χ1v) is 8.60. The number of amides is 1. The van der Waals surface area contributed by atoms with E-state index in [1.165, 1.54) is 27.4 Å². The third-order valence-electron chi connectivity index (χ3n) is 4.67. The second-order valence-electron chi connectivity index (χ2n) is 6.26. The number of aromatic nitrogens is 2. The molecule has 0 saturated carbocycles. The van der Waals surface area contributed by atoms with Gasteiger partial charge in [0.2, 0.25) is 17.6 Å². The Balaban J connectivity index is 1.84. The van der Waals surface area contributed by atoms with Crippen molar-refractivity contribution < 1.29 is 19.0 Å². The van der Waals surface area contributed by atoms with Crippen LogP contribution in [-0.2, 0) is 11.3 Å². The molecule has 1 aliphatic rings. The quantitative estimate of drug-likeness (QED) is 0.746. The molecule has 2 aromatic rings. The van der Waals surface area contributed by atoms with E-state index in [-0.39, 0.29) is 17.9 Å². The van der Waals surface area contributed by atoms with Crippen molar-refractivity contribution in [3.63, 3.8) is 0 Å². The Morgan fingerprint density at radius 3 is 2.36 bits per heavy atom. The fourth-order valence-corrected chi connectivity index (χ4v) is 3.23. The van der Waals surface area contributed by atoms with Gasteiger partial charge < -0.3 is 30.6 Å². The highest BCUT2D eigenvalue weighted by atomic mass is 16.5. The van der Waals surface area contributed by atoms with Gasteiger partial charge in [0.25, 0.3) is 0 Å². The zero-order valence-corrected chi connectivity index (χ0v) is 16.2. The van der Waals surface area contributed by atoms with E-state index in [0.717, 1.165) is 11.1 Å². The molecule has 9 nitrogen and oxygen atoms in total. The normalized spacial score (nSPS) is 15.6. The minimum Gasteiger partial charge on any atom is -0.493 e. The van der Waals surface area contributed by atoms with Crippen molar-refractivity contribution in [2.45, 2.75) is 19.5 Å². The van der Waals surface area contributed by atoms with Crippen LogP contribution < -0.4 is 25.7 Å². The molecule has 2 heterocycles. The Hall–Kier alpha value is -3.49. The van der Waals surface area contributed by atoms with Gasteiger partial charge in [-0.25, -0.2) is 4.98 Å². The summed E-state index contributed by atoms with van der Waals surface area (Å²) in [5.41, 5.74) is 13.7. The number of hydrogen-bond donors (Lipinski definition) is 2. The molecule has 1 aliphatic heterocycles. The Morgan fingerprint density at radius 2 is 1.79 bits per heavy atom. The topological polar surface area (TPSA) is 126 Å². The standard InChI is InChI=1S/C19H23N5O4/c1-10-16-12(18(20)23-19(21)22-16)9-24(10)15(25)6-5-11-7-13(26-2)17(28-4)14(8-11)27-3/h5-8,10H,9H2,1-4H3,(H4,20,21,22,23)/b6-5+. The summed E-state index contributed by atoms with van der Waals surface area (Å²) in [6.45, 7) is 2.21. The number of nitrogen functional groups attached to an aromatic ring is 2. The summed E-state index contributed by atoms with van der Waals surface area (Å²) in [6.07, 6.45) is 3.17. The summed E-state index contributed by atoms with van der Waals surface area (Å²) in [5.74, 6) is 1.73. The smallest absolute Gasteiger partial charge is 0.247 e. The monoisotopic (exact) mass is 385 g/mol. The lowest BCUT2D eigenvalue weighted by molar-refractivity contribution is -0.127. The van der Waals surface area contributed by atoms with E-state index in [1.807, 2.05) is 6.92 Å². The molecule has 0 radical (unpaired) electrons. The van der Waals surface area contributed by atoms with Gasteiger partial charge in [0.15, 0.2) is 11.5 Å². The number of carbonyl (C=O) groups is 1. The summed E-state index contributed by atoms with van der Waals surface area (Å²) in [4.78, 5) is 22.6. The second kappa shape index (κ2) is 7.63. The number of carbonyl (C=O) groups excluding carboxylic acids is 1. The van der Waals surface area contributed by atoms with Gasteiger partial charge in [-0.15, -0.1) is 0 Å². The molecule has 9 heteroatoms. The number of nitrogens with zero attached hydrogens (tertiary/aromatic N) is 3. The van der Waals surface area contributed by atoms with Gasteiger partial charge in [-0.2, -0.15) is 4.98 Å². The minimum absolute atomic E-state index is 0.102. The van der Waals surface area contributed by atoms with E-state index in [9.17, 15) is 4.79 Å². The van der Waals surface area contributed by atoms with Crippen molar-refractivity contribution in [1.29, 1.82) is 0 Å². The fraction of sp³-hybridized carbons (Fsp3) is 0.316. The first-order chi connectivity index (χ1) is 13.4. The van der Waals surface area contributed by atoms with E-state index in [2.05, 4.69) is 9.97 Å².